The molecule has 0 fully saturated rings. The minimum Gasteiger partial charge on any atom is -0.484 e. The van der Waals surface area contributed by atoms with E-state index in [1.165, 1.54) is 12.1 Å². The van der Waals surface area contributed by atoms with E-state index >= 15 is 0 Å². The Morgan fingerprint density at radius 2 is 1.68 bits per heavy atom. The van der Waals surface area contributed by atoms with Crippen LogP contribution in [0.15, 0.2) is 47.4 Å². The second-order valence-electron chi connectivity index (χ2n) is 7.00. The molecule has 1 amide bonds. The van der Waals surface area contributed by atoms with E-state index in [0.717, 1.165) is 24.0 Å². The van der Waals surface area contributed by atoms with Crippen molar-refractivity contribution in [3.63, 3.8) is 0 Å². The Balaban J connectivity index is 1.98. The van der Waals surface area contributed by atoms with Crippen molar-refractivity contribution in [1.82, 2.24) is 5.32 Å². The molecule has 0 heterocycles. The van der Waals surface area contributed by atoms with Crippen LogP contribution in [0.25, 0.3) is 0 Å². The second-order valence-corrected chi connectivity index (χ2v) is 8.68. The predicted molar refractivity (Wildman–Crippen MR) is 111 cm³/mol. The fourth-order valence-corrected chi connectivity index (χ4v) is 3.97. The van der Waals surface area contributed by atoms with Gasteiger partial charge < -0.3 is 10.1 Å². The Morgan fingerprint density at radius 1 is 1.07 bits per heavy atom. The van der Waals surface area contributed by atoms with E-state index in [2.05, 4.69) is 17.0 Å². The number of amides is 1. The molecule has 2 rings (SSSR count). The average Bonchev–Trinajstić information content (AvgIpc) is 2.59. The van der Waals surface area contributed by atoms with Crippen molar-refractivity contribution in [2.75, 3.05) is 11.3 Å². The van der Waals surface area contributed by atoms with Gasteiger partial charge in [-0.1, -0.05) is 19.4 Å². The quantitative estimate of drug-likeness (QED) is 0.666. The van der Waals surface area contributed by atoms with Crippen LogP contribution in [0, 0.1) is 13.8 Å². The molecule has 0 aliphatic rings. The zero-order valence-electron chi connectivity index (χ0n) is 16.8. The van der Waals surface area contributed by atoms with E-state index < -0.39 is 10.0 Å². The maximum absolute atomic E-state index is 12.6. The van der Waals surface area contributed by atoms with Gasteiger partial charge in [0.1, 0.15) is 5.75 Å². The SMILES string of the molecule is CCC[C@@H](C)NC(=O)COc1ccc(S(=O)(=O)Nc2cc(C)cc(C)c2)cc1. The largest absolute Gasteiger partial charge is 0.484 e. The van der Waals surface area contributed by atoms with E-state index in [4.69, 9.17) is 4.74 Å². The van der Waals surface area contributed by atoms with Crippen LogP contribution in [-0.4, -0.2) is 27.0 Å². The van der Waals surface area contributed by atoms with Crippen molar-refractivity contribution in [3.8, 4) is 5.75 Å². The van der Waals surface area contributed by atoms with Crippen LogP contribution in [0.2, 0.25) is 0 Å². The number of carbonyl (C=O) groups excluding carboxylic acids is 1. The van der Waals surface area contributed by atoms with Crippen molar-refractivity contribution in [2.45, 2.75) is 51.5 Å². The van der Waals surface area contributed by atoms with Gasteiger partial charge in [-0.2, -0.15) is 0 Å². The van der Waals surface area contributed by atoms with Gasteiger partial charge in [0.25, 0.3) is 15.9 Å². The Kier molecular flexibility index (Phi) is 7.45. The third kappa shape index (κ3) is 6.56. The smallest absolute Gasteiger partial charge is 0.261 e. The molecule has 28 heavy (non-hydrogen) atoms. The Hall–Kier alpha value is -2.54. The average molecular weight is 405 g/mol. The lowest BCUT2D eigenvalue weighted by molar-refractivity contribution is -0.123. The summed E-state index contributed by atoms with van der Waals surface area (Å²) in [5.41, 5.74) is 2.48. The first-order chi connectivity index (χ1) is 13.2. The van der Waals surface area contributed by atoms with Crippen molar-refractivity contribution >= 4 is 21.6 Å². The van der Waals surface area contributed by atoms with Crippen LogP contribution in [-0.2, 0) is 14.8 Å². The van der Waals surface area contributed by atoms with E-state index in [9.17, 15) is 13.2 Å². The molecule has 152 valence electrons. The van der Waals surface area contributed by atoms with Gasteiger partial charge in [0.2, 0.25) is 0 Å². The lowest BCUT2D eigenvalue weighted by Gasteiger charge is -2.13. The monoisotopic (exact) mass is 404 g/mol. The molecule has 6 nitrogen and oxygen atoms in total. The third-order valence-electron chi connectivity index (χ3n) is 4.11. The highest BCUT2D eigenvalue weighted by Crippen LogP contribution is 2.21. The topological polar surface area (TPSA) is 84.5 Å². The third-order valence-corrected chi connectivity index (χ3v) is 5.50. The molecule has 2 N–H and O–H groups in total. The summed E-state index contributed by atoms with van der Waals surface area (Å²) < 4.78 is 33.2. The Bertz CT molecular complexity index is 888. The molecule has 0 spiro atoms. The fraction of sp³-hybridized carbons (Fsp3) is 0.381. The lowest BCUT2D eigenvalue weighted by Crippen LogP contribution is -2.35. The fourth-order valence-electron chi connectivity index (χ4n) is 2.93. The molecule has 0 aliphatic heterocycles. The van der Waals surface area contributed by atoms with E-state index in [0.29, 0.717) is 11.4 Å². The van der Waals surface area contributed by atoms with Gasteiger partial charge in [0, 0.05) is 11.7 Å². The van der Waals surface area contributed by atoms with Crippen LogP contribution in [0.4, 0.5) is 5.69 Å². The standard InChI is InChI=1S/C21H28N2O4S/c1-5-6-17(4)22-21(24)14-27-19-7-9-20(10-8-19)28(25,26)23-18-12-15(2)11-16(3)13-18/h7-13,17,23H,5-6,14H2,1-4H3,(H,22,24)/t17-/m1/s1. The summed E-state index contributed by atoms with van der Waals surface area (Å²) in [5.74, 6) is 0.234. The Labute approximate surface area is 167 Å². The molecular weight excluding hydrogens is 376 g/mol. The van der Waals surface area contributed by atoms with Gasteiger partial charge in [0.15, 0.2) is 6.61 Å². The number of nitrogens with one attached hydrogen (secondary N) is 2. The van der Waals surface area contributed by atoms with Crippen LogP contribution in [0.3, 0.4) is 0 Å². The molecule has 7 heteroatoms. The first-order valence-electron chi connectivity index (χ1n) is 9.33. The summed E-state index contributed by atoms with van der Waals surface area (Å²) in [7, 11) is -3.70. The summed E-state index contributed by atoms with van der Waals surface area (Å²) in [5, 5.41) is 2.85. The molecule has 2 aromatic carbocycles. The highest BCUT2D eigenvalue weighted by Gasteiger charge is 2.15. The highest BCUT2D eigenvalue weighted by molar-refractivity contribution is 7.92. The molecule has 0 aromatic heterocycles. The molecule has 1 atom stereocenters. The van der Waals surface area contributed by atoms with E-state index in [-0.39, 0.29) is 23.5 Å². The minimum absolute atomic E-state index is 0.102. The lowest BCUT2D eigenvalue weighted by atomic mass is 10.1. The van der Waals surface area contributed by atoms with Crippen molar-refractivity contribution in [2.24, 2.45) is 0 Å². The molecule has 0 unspecified atom stereocenters. The van der Waals surface area contributed by atoms with Gasteiger partial charge in [-0.15, -0.1) is 0 Å². The first-order valence-corrected chi connectivity index (χ1v) is 10.8. The summed E-state index contributed by atoms with van der Waals surface area (Å²) in [6.45, 7) is 7.72. The van der Waals surface area contributed by atoms with Gasteiger partial charge >= 0.3 is 0 Å². The molecule has 0 saturated heterocycles. The Morgan fingerprint density at radius 3 is 2.25 bits per heavy atom. The zero-order valence-corrected chi connectivity index (χ0v) is 17.6. The normalized spacial score (nSPS) is 12.3. The van der Waals surface area contributed by atoms with E-state index in [1.807, 2.05) is 26.8 Å². The molecular formula is C21H28N2O4S. The summed E-state index contributed by atoms with van der Waals surface area (Å²) in [4.78, 5) is 12.0. The molecule has 0 aliphatic carbocycles. The van der Waals surface area contributed by atoms with Crippen LogP contribution >= 0.6 is 0 Å². The van der Waals surface area contributed by atoms with Gasteiger partial charge in [-0.3, -0.25) is 9.52 Å². The van der Waals surface area contributed by atoms with Crippen LogP contribution in [0.1, 0.15) is 37.8 Å². The number of benzene rings is 2. The number of ether oxygens (including phenoxy) is 1. The van der Waals surface area contributed by atoms with Crippen LogP contribution in [0.5, 0.6) is 5.75 Å². The van der Waals surface area contributed by atoms with E-state index in [1.54, 1.807) is 24.3 Å². The van der Waals surface area contributed by atoms with Crippen LogP contribution < -0.4 is 14.8 Å². The van der Waals surface area contributed by atoms with Gasteiger partial charge in [0.05, 0.1) is 4.90 Å². The number of sulfonamides is 1. The minimum atomic E-state index is -3.70. The number of hydrogen-bond donors (Lipinski definition) is 2. The number of rotatable bonds is 9. The van der Waals surface area contributed by atoms with Gasteiger partial charge in [-0.25, -0.2) is 8.42 Å². The zero-order chi connectivity index (χ0) is 20.7. The second kappa shape index (κ2) is 9.59. The first kappa shape index (κ1) is 21.8. The maximum atomic E-state index is 12.6. The maximum Gasteiger partial charge on any atom is 0.261 e. The highest BCUT2D eigenvalue weighted by atomic mass is 32.2. The van der Waals surface area contributed by atoms with Crippen molar-refractivity contribution in [3.05, 3.63) is 53.6 Å². The molecule has 2 aromatic rings. The summed E-state index contributed by atoms with van der Waals surface area (Å²) >= 11 is 0. The molecule has 0 saturated carbocycles. The molecule has 0 bridgehead atoms. The van der Waals surface area contributed by atoms with Gasteiger partial charge in [-0.05, 0) is 74.7 Å². The summed E-state index contributed by atoms with van der Waals surface area (Å²) in [6.07, 6.45) is 1.90. The molecule has 0 radical (unpaired) electrons. The number of hydrogen-bond acceptors (Lipinski definition) is 4. The number of carbonyl (C=O) groups is 1. The number of anilines is 1. The van der Waals surface area contributed by atoms with Crippen molar-refractivity contribution in [1.29, 1.82) is 0 Å². The number of aryl methyl sites for hydroxylation is 2. The predicted octanol–water partition coefficient (Wildman–Crippen LogP) is 3.79. The van der Waals surface area contributed by atoms with Crippen molar-refractivity contribution < 1.29 is 17.9 Å². The summed E-state index contributed by atoms with van der Waals surface area (Å²) in [6, 6.07) is 11.6.